The van der Waals surface area contributed by atoms with Gasteiger partial charge in [0.05, 0.1) is 12.0 Å². The average molecular weight is 417 g/mol. The van der Waals surface area contributed by atoms with Gasteiger partial charge in [-0.05, 0) is 55.2 Å². The van der Waals surface area contributed by atoms with E-state index in [4.69, 9.17) is 9.26 Å². The quantitative estimate of drug-likeness (QED) is 0.629. The van der Waals surface area contributed by atoms with Crippen molar-refractivity contribution in [1.82, 2.24) is 19.8 Å². The Morgan fingerprint density at radius 2 is 1.90 bits per heavy atom. The molecule has 0 amide bonds. The summed E-state index contributed by atoms with van der Waals surface area (Å²) in [5, 5.41) is 3.97. The third kappa shape index (κ3) is 4.30. The fourth-order valence-corrected chi connectivity index (χ4v) is 4.60. The summed E-state index contributed by atoms with van der Waals surface area (Å²) < 4.78 is 39.6. The van der Waals surface area contributed by atoms with Gasteiger partial charge in [0.1, 0.15) is 11.8 Å². The van der Waals surface area contributed by atoms with Crippen molar-refractivity contribution >= 4 is 10.0 Å². The van der Waals surface area contributed by atoms with E-state index in [2.05, 4.69) is 19.8 Å². The van der Waals surface area contributed by atoms with E-state index in [0.717, 1.165) is 5.56 Å². The van der Waals surface area contributed by atoms with Crippen molar-refractivity contribution < 1.29 is 17.7 Å². The van der Waals surface area contributed by atoms with Crippen LogP contribution in [0.25, 0.3) is 11.4 Å². The van der Waals surface area contributed by atoms with Crippen molar-refractivity contribution in [1.29, 1.82) is 0 Å². The van der Waals surface area contributed by atoms with Crippen molar-refractivity contribution in [3.8, 4) is 17.1 Å². The summed E-state index contributed by atoms with van der Waals surface area (Å²) >= 11 is 0. The molecule has 9 heteroatoms. The summed E-state index contributed by atoms with van der Waals surface area (Å²) in [6.45, 7) is 7.34. The van der Waals surface area contributed by atoms with Crippen LogP contribution in [0.15, 0.2) is 46.1 Å². The first-order valence-electron chi connectivity index (χ1n) is 9.15. The minimum Gasteiger partial charge on any atom is -0.496 e. The number of hydrogen-bond acceptors (Lipinski definition) is 7. The number of hydrogen-bond donors (Lipinski definition) is 1. The Labute approximate surface area is 170 Å². The maximum Gasteiger partial charge on any atom is 0.245 e. The van der Waals surface area contributed by atoms with Gasteiger partial charge in [0.2, 0.25) is 21.7 Å². The molecule has 3 aromatic rings. The minimum absolute atomic E-state index is 0.119. The molecular formula is C20H24N4O4S. The Balaban J connectivity index is 1.94. The highest BCUT2D eigenvalue weighted by Gasteiger charge is 2.30. The first-order valence-corrected chi connectivity index (χ1v) is 10.6. The molecule has 1 N–H and O–H groups in total. The molecule has 1 unspecified atom stereocenters. The highest BCUT2D eigenvalue weighted by Crippen LogP contribution is 2.29. The fraction of sp³-hybridized carbons (Fsp3) is 0.350. The molecule has 0 saturated carbocycles. The molecule has 0 fully saturated rings. The Morgan fingerprint density at radius 1 is 1.14 bits per heavy atom. The molecule has 0 radical (unpaired) electrons. The fourth-order valence-electron chi connectivity index (χ4n) is 2.96. The highest BCUT2D eigenvalue weighted by atomic mass is 32.2. The van der Waals surface area contributed by atoms with Crippen molar-refractivity contribution in [2.24, 2.45) is 5.92 Å². The number of methoxy groups -OCH3 is 1. The van der Waals surface area contributed by atoms with E-state index in [-0.39, 0.29) is 16.7 Å². The molecule has 29 heavy (non-hydrogen) atoms. The number of aromatic nitrogens is 3. The van der Waals surface area contributed by atoms with Gasteiger partial charge in [-0.3, -0.25) is 4.98 Å². The number of rotatable bonds is 7. The van der Waals surface area contributed by atoms with Gasteiger partial charge in [0.15, 0.2) is 0 Å². The maximum atomic E-state index is 13.1. The van der Waals surface area contributed by atoms with Crippen molar-refractivity contribution in [3.05, 3.63) is 53.7 Å². The van der Waals surface area contributed by atoms with Crippen LogP contribution in [-0.2, 0) is 10.0 Å². The number of pyridine rings is 1. The molecule has 0 aliphatic rings. The summed E-state index contributed by atoms with van der Waals surface area (Å²) in [5.74, 6) is 1.08. The van der Waals surface area contributed by atoms with Gasteiger partial charge >= 0.3 is 0 Å². The average Bonchev–Trinajstić information content (AvgIpc) is 3.18. The molecule has 2 heterocycles. The Bertz CT molecular complexity index is 1090. The van der Waals surface area contributed by atoms with E-state index >= 15 is 0 Å². The van der Waals surface area contributed by atoms with E-state index < -0.39 is 16.1 Å². The number of nitrogens with one attached hydrogen (secondary N) is 1. The molecule has 1 aromatic carbocycles. The molecule has 0 saturated heterocycles. The van der Waals surface area contributed by atoms with Crippen LogP contribution in [-0.4, -0.2) is 30.7 Å². The third-order valence-corrected chi connectivity index (χ3v) is 6.36. The van der Waals surface area contributed by atoms with Gasteiger partial charge in [0.25, 0.3) is 0 Å². The molecule has 2 aromatic heterocycles. The molecular weight excluding hydrogens is 392 g/mol. The largest absolute Gasteiger partial charge is 0.496 e. The van der Waals surface area contributed by atoms with Crippen molar-refractivity contribution in [2.75, 3.05) is 7.11 Å². The molecule has 0 aliphatic heterocycles. The third-order valence-electron chi connectivity index (χ3n) is 4.77. The predicted octanol–water partition coefficient (Wildman–Crippen LogP) is 3.43. The van der Waals surface area contributed by atoms with Crippen LogP contribution in [0.2, 0.25) is 0 Å². The van der Waals surface area contributed by atoms with E-state index in [0.29, 0.717) is 22.7 Å². The standard InChI is InChI=1S/C20H24N4O4S/c1-12(2)18(20-22-19(23-28-20)15-7-6-10-21-11-15)24-29(25,26)17-9-8-16(27-5)13(3)14(17)4/h6-12,18,24H,1-5H3. The van der Waals surface area contributed by atoms with Crippen LogP contribution < -0.4 is 9.46 Å². The smallest absolute Gasteiger partial charge is 0.245 e. The number of nitrogens with zero attached hydrogens (tertiary/aromatic N) is 3. The Hall–Kier alpha value is -2.78. The van der Waals surface area contributed by atoms with Crippen molar-refractivity contribution in [2.45, 2.75) is 38.6 Å². The second-order valence-corrected chi connectivity index (χ2v) is 8.74. The monoisotopic (exact) mass is 416 g/mol. The SMILES string of the molecule is COc1ccc(S(=O)(=O)NC(c2nc(-c3cccnc3)no2)C(C)C)c(C)c1C. The lowest BCUT2D eigenvalue weighted by atomic mass is 10.1. The second-order valence-electron chi connectivity index (χ2n) is 7.06. The zero-order valence-electron chi connectivity index (χ0n) is 17.0. The van der Waals surface area contributed by atoms with Crippen molar-refractivity contribution in [3.63, 3.8) is 0 Å². The lowest BCUT2D eigenvalue weighted by Crippen LogP contribution is -2.32. The first kappa shape index (κ1) is 20.9. The van der Waals surface area contributed by atoms with Crippen LogP contribution in [0.3, 0.4) is 0 Å². The molecule has 3 rings (SSSR count). The normalized spacial score (nSPS) is 12.9. The lowest BCUT2D eigenvalue weighted by Gasteiger charge is -2.20. The summed E-state index contributed by atoms with van der Waals surface area (Å²) in [4.78, 5) is 8.61. The van der Waals surface area contributed by atoms with Crippen LogP contribution >= 0.6 is 0 Å². The Kier molecular flexibility index (Phi) is 5.99. The summed E-state index contributed by atoms with van der Waals surface area (Å²) in [5.41, 5.74) is 2.09. The van der Waals surface area contributed by atoms with Gasteiger partial charge < -0.3 is 9.26 Å². The summed E-state index contributed by atoms with van der Waals surface area (Å²) in [6, 6.07) is 6.08. The van der Waals surface area contributed by atoms with E-state index in [9.17, 15) is 8.42 Å². The van der Waals surface area contributed by atoms with Crippen LogP contribution in [0, 0.1) is 19.8 Å². The van der Waals surface area contributed by atoms with Gasteiger partial charge in [-0.25, -0.2) is 8.42 Å². The Morgan fingerprint density at radius 3 is 2.52 bits per heavy atom. The van der Waals surface area contributed by atoms with Gasteiger partial charge in [-0.1, -0.05) is 19.0 Å². The molecule has 0 aliphatic carbocycles. The molecule has 0 bridgehead atoms. The van der Waals surface area contributed by atoms with Crippen LogP contribution in [0.1, 0.15) is 36.9 Å². The lowest BCUT2D eigenvalue weighted by molar-refractivity contribution is 0.311. The van der Waals surface area contributed by atoms with E-state index in [1.165, 1.54) is 6.07 Å². The second kappa shape index (κ2) is 8.30. The molecule has 0 spiro atoms. The van der Waals surface area contributed by atoms with Crippen LogP contribution in [0.5, 0.6) is 5.75 Å². The topological polar surface area (TPSA) is 107 Å². The van der Waals surface area contributed by atoms with Gasteiger partial charge in [-0.2, -0.15) is 9.71 Å². The number of benzene rings is 1. The number of sulfonamides is 1. The first-order chi connectivity index (χ1) is 13.7. The van der Waals surface area contributed by atoms with E-state index in [1.807, 2.05) is 20.8 Å². The molecule has 8 nitrogen and oxygen atoms in total. The van der Waals surface area contributed by atoms with Crippen LogP contribution in [0.4, 0.5) is 0 Å². The predicted molar refractivity (Wildman–Crippen MR) is 108 cm³/mol. The molecule has 154 valence electrons. The highest BCUT2D eigenvalue weighted by molar-refractivity contribution is 7.89. The zero-order valence-corrected chi connectivity index (χ0v) is 17.8. The number of ether oxygens (including phenoxy) is 1. The maximum absolute atomic E-state index is 13.1. The van der Waals surface area contributed by atoms with Gasteiger partial charge in [-0.15, -0.1) is 0 Å². The summed E-state index contributed by atoms with van der Waals surface area (Å²) in [7, 11) is -2.28. The summed E-state index contributed by atoms with van der Waals surface area (Å²) in [6.07, 6.45) is 3.27. The van der Waals surface area contributed by atoms with E-state index in [1.54, 1.807) is 44.6 Å². The minimum atomic E-state index is -3.83. The van der Waals surface area contributed by atoms with Gasteiger partial charge in [0, 0.05) is 18.0 Å². The molecule has 1 atom stereocenters. The zero-order chi connectivity index (χ0) is 21.2.